The number of aliphatic hydroxyl groups is 1. The van der Waals surface area contributed by atoms with Crippen molar-refractivity contribution in [2.45, 2.75) is 44.8 Å². The molecule has 1 saturated heterocycles. The SMILES string of the molecule is CC1=C[C@H]([C@H](O)CCCN2CCCC2=O)OC1=O. The van der Waals surface area contributed by atoms with Gasteiger partial charge in [-0.1, -0.05) is 0 Å². The van der Waals surface area contributed by atoms with Crippen LogP contribution in [0.5, 0.6) is 0 Å². The summed E-state index contributed by atoms with van der Waals surface area (Å²) in [6.45, 7) is 3.18. The molecule has 2 aliphatic heterocycles. The molecule has 0 spiro atoms. The molecule has 5 heteroatoms. The Bertz CT molecular complexity index is 377. The fraction of sp³-hybridized carbons (Fsp3) is 0.692. The van der Waals surface area contributed by atoms with Gasteiger partial charge in [-0.25, -0.2) is 4.79 Å². The molecule has 5 nitrogen and oxygen atoms in total. The van der Waals surface area contributed by atoms with Crippen LogP contribution in [0.4, 0.5) is 0 Å². The van der Waals surface area contributed by atoms with Gasteiger partial charge >= 0.3 is 5.97 Å². The van der Waals surface area contributed by atoms with Crippen molar-refractivity contribution in [1.29, 1.82) is 0 Å². The molecule has 0 bridgehead atoms. The van der Waals surface area contributed by atoms with E-state index in [1.807, 2.05) is 4.90 Å². The van der Waals surface area contributed by atoms with Gasteiger partial charge in [0.15, 0.2) is 0 Å². The average Bonchev–Trinajstić information content (AvgIpc) is 2.87. The van der Waals surface area contributed by atoms with E-state index in [-0.39, 0.29) is 11.9 Å². The Hall–Kier alpha value is -1.36. The largest absolute Gasteiger partial charge is 0.452 e. The van der Waals surface area contributed by atoms with Crippen molar-refractivity contribution in [3.05, 3.63) is 11.6 Å². The molecule has 100 valence electrons. The average molecular weight is 253 g/mol. The van der Waals surface area contributed by atoms with E-state index < -0.39 is 12.2 Å². The number of hydrogen-bond acceptors (Lipinski definition) is 4. The van der Waals surface area contributed by atoms with Crippen LogP contribution in [-0.2, 0) is 14.3 Å². The smallest absolute Gasteiger partial charge is 0.334 e. The monoisotopic (exact) mass is 253 g/mol. The third kappa shape index (κ3) is 2.90. The summed E-state index contributed by atoms with van der Waals surface area (Å²) in [6, 6.07) is 0. The van der Waals surface area contributed by atoms with Crippen LogP contribution in [0.25, 0.3) is 0 Å². The first-order valence-electron chi connectivity index (χ1n) is 6.43. The first-order chi connectivity index (χ1) is 8.58. The Morgan fingerprint density at radius 3 is 2.89 bits per heavy atom. The van der Waals surface area contributed by atoms with E-state index in [1.54, 1.807) is 13.0 Å². The predicted octanol–water partition coefficient (Wildman–Crippen LogP) is 0.622. The van der Waals surface area contributed by atoms with E-state index in [1.165, 1.54) is 0 Å². The molecule has 1 amide bonds. The Balaban J connectivity index is 1.71. The van der Waals surface area contributed by atoms with Crippen molar-refractivity contribution in [2.24, 2.45) is 0 Å². The molecule has 0 saturated carbocycles. The second-order valence-electron chi connectivity index (χ2n) is 4.91. The molecule has 2 atom stereocenters. The van der Waals surface area contributed by atoms with Crippen molar-refractivity contribution in [1.82, 2.24) is 4.90 Å². The van der Waals surface area contributed by atoms with Crippen molar-refractivity contribution in [3.63, 3.8) is 0 Å². The van der Waals surface area contributed by atoms with Crippen molar-refractivity contribution >= 4 is 11.9 Å². The minimum atomic E-state index is -0.677. The van der Waals surface area contributed by atoms with E-state index in [9.17, 15) is 14.7 Å². The quantitative estimate of drug-likeness (QED) is 0.729. The van der Waals surface area contributed by atoms with Crippen molar-refractivity contribution < 1.29 is 19.4 Å². The summed E-state index contributed by atoms with van der Waals surface area (Å²) < 4.78 is 5.02. The maximum Gasteiger partial charge on any atom is 0.334 e. The summed E-state index contributed by atoms with van der Waals surface area (Å²) >= 11 is 0. The normalized spacial score (nSPS) is 25.3. The Labute approximate surface area is 106 Å². The highest BCUT2D eigenvalue weighted by Gasteiger charge is 2.28. The van der Waals surface area contributed by atoms with Gasteiger partial charge < -0.3 is 14.7 Å². The molecule has 2 aliphatic rings. The van der Waals surface area contributed by atoms with Crippen LogP contribution >= 0.6 is 0 Å². The number of carbonyl (C=O) groups excluding carboxylic acids is 2. The summed E-state index contributed by atoms with van der Waals surface area (Å²) in [5, 5.41) is 9.90. The second kappa shape index (κ2) is 5.52. The molecule has 0 unspecified atom stereocenters. The zero-order chi connectivity index (χ0) is 13.1. The lowest BCUT2D eigenvalue weighted by Crippen LogP contribution is -2.29. The molecule has 0 radical (unpaired) electrons. The molecule has 2 heterocycles. The van der Waals surface area contributed by atoms with E-state index in [2.05, 4.69) is 0 Å². The standard InChI is InChI=1S/C13H19NO4/c1-9-8-11(18-13(9)17)10(15)4-2-6-14-7-3-5-12(14)16/h8,10-11,15H,2-7H2,1H3/t10-,11-/m1/s1. The third-order valence-corrected chi connectivity index (χ3v) is 3.46. The number of ether oxygens (including phenoxy) is 1. The van der Waals surface area contributed by atoms with Gasteiger partial charge in [0, 0.05) is 25.1 Å². The summed E-state index contributed by atoms with van der Waals surface area (Å²) in [5.41, 5.74) is 0.550. The number of likely N-dealkylation sites (tertiary alicyclic amines) is 1. The Kier molecular flexibility index (Phi) is 4.01. The molecule has 2 rings (SSSR count). The Morgan fingerprint density at radius 1 is 1.56 bits per heavy atom. The zero-order valence-corrected chi connectivity index (χ0v) is 10.6. The summed E-state index contributed by atoms with van der Waals surface area (Å²) in [6.07, 6.45) is 3.30. The van der Waals surface area contributed by atoms with E-state index in [0.29, 0.717) is 25.0 Å². The molecule has 0 aromatic carbocycles. The van der Waals surface area contributed by atoms with Crippen LogP contribution in [0, 0.1) is 0 Å². The number of hydrogen-bond donors (Lipinski definition) is 1. The van der Waals surface area contributed by atoms with E-state index in [4.69, 9.17) is 4.74 Å². The van der Waals surface area contributed by atoms with Crippen molar-refractivity contribution in [2.75, 3.05) is 13.1 Å². The first-order valence-corrected chi connectivity index (χ1v) is 6.43. The summed E-state index contributed by atoms with van der Waals surface area (Å²) in [5.74, 6) is -0.152. The van der Waals surface area contributed by atoms with Crippen LogP contribution in [0.3, 0.4) is 0 Å². The number of rotatable bonds is 5. The maximum absolute atomic E-state index is 11.4. The number of esters is 1. The van der Waals surface area contributed by atoms with Crippen LogP contribution < -0.4 is 0 Å². The molecule has 1 N–H and O–H groups in total. The fourth-order valence-corrected chi connectivity index (χ4v) is 2.35. The lowest BCUT2D eigenvalue weighted by atomic mass is 10.1. The summed E-state index contributed by atoms with van der Waals surface area (Å²) in [7, 11) is 0. The van der Waals surface area contributed by atoms with Crippen LogP contribution in [0.1, 0.15) is 32.6 Å². The van der Waals surface area contributed by atoms with Crippen LogP contribution in [0.2, 0.25) is 0 Å². The Morgan fingerprint density at radius 2 is 2.33 bits per heavy atom. The third-order valence-electron chi connectivity index (χ3n) is 3.46. The predicted molar refractivity (Wildman–Crippen MR) is 64.7 cm³/mol. The van der Waals surface area contributed by atoms with Gasteiger partial charge in [-0.2, -0.15) is 0 Å². The second-order valence-corrected chi connectivity index (χ2v) is 4.91. The zero-order valence-electron chi connectivity index (χ0n) is 10.6. The highest BCUT2D eigenvalue weighted by Crippen LogP contribution is 2.19. The van der Waals surface area contributed by atoms with Gasteiger partial charge in [-0.05, 0) is 32.3 Å². The maximum atomic E-state index is 11.4. The number of aliphatic hydroxyl groups excluding tert-OH is 1. The van der Waals surface area contributed by atoms with Gasteiger partial charge in [-0.15, -0.1) is 0 Å². The molecular formula is C13H19NO4. The van der Waals surface area contributed by atoms with Crippen molar-refractivity contribution in [3.8, 4) is 0 Å². The minimum absolute atomic E-state index is 0.201. The molecule has 18 heavy (non-hydrogen) atoms. The minimum Gasteiger partial charge on any atom is -0.452 e. The van der Waals surface area contributed by atoms with Crippen LogP contribution in [0.15, 0.2) is 11.6 Å². The topological polar surface area (TPSA) is 66.8 Å². The fourth-order valence-electron chi connectivity index (χ4n) is 2.35. The highest BCUT2D eigenvalue weighted by atomic mass is 16.6. The number of carbonyl (C=O) groups is 2. The number of nitrogens with zero attached hydrogens (tertiary/aromatic N) is 1. The molecule has 0 aliphatic carbocycles. The summed E-state index contributed by atoms with van der Waals surface area (Å²) in [4.78, 5) is 24.4. The number of cyclic esters (lactones) is 1. The number of amides is 1. The van der Waals surface area contributed by atoms with Gasteiger partial charge in [0.05, 0.1) is 6.10 Å². The van der Waals surface area contributed by atoms with E-state index in [0.717, 1.165) is 19.4 Å². The highest BCUT2D eigenvalue weighted by molar-refractivity contribution is 5.90. The van der Waals surface area contributed by atoms with E-state index >= 15 is 0 Å². The molecule has 0 aromatic heterocycles. The van der Waals surface area contributed by atoms with Gasteiger partial charge in [0.1, 0.15) is 6.10 Å². The van der Waals surface area contributed by atoms with Gasteiger partial charge in [0.2, 0.25) is 5.91 Å². The molecular weight excluding hydrogens is 234 g/mol. The molecule has 1 fully saturated rings. The first kappa shape index (κ1) is 13.1. The lowest BCUT2D eigenvalue weighted by molar-refractivity contribution is -0.143. The lowest BCUT2D eigenvalue weighted by Gasteiger charge is -2.19. The molecule has 0 aromatic rings. The van der Waals surface area contributed by atoms with Gasteiger partial charge in [-0.3, -0.25) is 4.79 Å². The van der Waals surface area contributed by atoms with Gasteiger partial charge in [0.25, 0.3) is 0 Å². The van der Waals surface area contributed by atoms with Crippen LogP contribution in [-0.4, -0.2) is 47.2 Å².